The number of carbonyl (C=O) groups is 3. The third kappa shape index (κ3) is 44.3. The summed E-state index contributed by atoms with van der Waals surface area (Å²) in [6.07, 6.45) is 12.7. The van der Waals surface area contributed by atoms with Gasteiger partial charge >= 0.3 is 71.1 Å². The number of rotatable bonds is 19. The summed E-state index contributed by atoms with van der Waals surface area (Å²) >= 11 is 3.33. The number of unbranched alkanes of at least 4 members (excludes halogenated alkanes) is 11. The van der Waals surface area contributed by atoms with Gasteiger partial charge in [-0.2, -0.15) is 0 Å². The molecule has 0 aliphatic carbocycles. The summed E-state index contributed by atoms with van der Waals surface area (Å²) in [6.45, 7) is 3.94. The van der Waals surface area contributed by atoms with Crippen LogP contribution in [0.2, 0.25) is 0 Å². The van der Waals surface area contributed by atoms with E-state index in [0.717, 1.165) is 19.3 Å². The number of ether oxygens (including phenoxy) is 2. The molecular formula is C28H51Na2O9PS. The summed E-state index contributed by atoms with van der Waals surface area (Å²) in [5.41, 5.74) is 0. The fourth-order valence-electron chi connectivity index (χ4n) is 3.06. The number of phosphoric acid groups is 1. The molecule has 0 saturated carbocycles. The van der Waals surface area contributed by atoms with Crippen LogP contribution in [-0.4, -0.2) is 36.4 Å². The molecule has 0 aromatic rings. The molecular weight excluding hydrogens is 589 g/mol. The molecule has 13 heteroatoms. The van der Waals surface area contributed by atoms with Gasteiger partial charge in [0.15, 0.2) is 11.2 Å². The zero-order chi connectivity index (χ0) is 29.8. The second kappa shape index (κ2) is 34.2. The second-order valence-electron chi connectivity index (χ2n) is 8.49. The number of carbonyl (C=O) groups excluding carboxylic acids is 3. The van der Waals surface area contributed by atoms with Crippen molar-refractivity contribution in [2.24, 2.45) is 0 Å². The van der Waals surface area contributed by atoms with Crippen LogP contribution in [0.5, 0.6) is 0 Å². The van der Waals surface area contributed by atoms with E-state index in [1.54, 1.807) is 6.92 Å². The van der Waals surface area contributed by atoms with Crippen LogP contribution in [0.4, 0.5) is 0 Å². The van der Waals surface area contributed by atoms with E-state index < -0.39 is 39.1 Å². The average molecular weight is 641 g/mol. The summed E-state index contributed by atoms with van der Waals surface area (Å²) in [5, 5.41) is -0.139. The number of esters is 2. The molecule has 0 aliphatic heterocycles. The molecule has 0 spiro atoms. The molecule has 0 bridgehead atoms. The molecule has 0 aromatic carbocycles. The monoisotopic (exact) mass is 640 g/mol. The quantitative estimate of drug-likeness (QED) is 0.0362. The summed E-state index contributed by atoms with van der Waals surface area (Å²) in [6, 6.07) is 0. The fourth-order valence-corrected chi connectivity index (χ4v) is 3.41. The van der Waals surface area contributed by atoms with Crippen LogP contribution in [0.3, 0.4) is 0 Å². The van der Waals surface area contributed by atoms with E-state index in [9.17, 15) is 28.7 Å². The average Bonchev–Trinajstić information content (AvgIpc) is 2.85. The smallest absolute Gasteiger partial charge is 0.790 e. The third-order valence-electron chi connectivity index (χ3n) is 4.83. The molecule has 0 N–H and O–H groups in total. The van der Waals surface area contributed by atoms with Crippen LogP contribution in [0.25, 0.3) is 0 Å². The number of hydrogen-bond donors (Lipinski definition) is 1. The van der Waals surface area contributed by atoms with Crippen molar-refractivity contribution in [1.82, 2.24) is 0 Å². The van der Waals surface area contributed by atoms with Gasteiger partial charge < -0.3 is 28.3 Å². The molecule has 0 aliphatic rings. The number of hydrogen-bond acceptors (Lipinski definition) is 9. The maximum absolute atomic E-state index is 12.1. The molecule has 9 nitrogen and oxygen atoms in total. The summed E-state index contributed by atoms with van der Waals surface area (Å²) in [5.74, 6) is 12.5. The Morgan fingerprint density at radius 2 is 1.29 bits per heavy atom. The van der Waals surface area contributed by atoms with Gasteiger partial charge in [-0.3, -0.25) is 9.59 Å². The predicted octanol–water partition coefficient (Wildman–Crippen LogP) is -0.891. The second-order valence-corrected chi connectivity index (χ2v) is 10.3. The first-order chi connectivity index (χ1) is 18.5. The molecule has 230 valence electrons. The Kier molecular flexibility index (Phi) is 39.8. The van der Waals surface area contributed by atoms with E-state index in [4.69, 9.17) is 9.47 Å². The van der Waals surface area contributed by atoms with E-state index in [1.165, 1.54) is 58.3 Å². The molecule has 0 radical (unpaired) electrons. The summed E-state index contributed by atoms with van der Waals surface area (Å²) in [4.78, 5) is 54.5. The van der Waals surface area contributed by atoms with E-state index in [-0.39, 0.29) is 77.8 Å². The Morgan fingerprint density at radius 3 is 1.76 bits per heavy atom. The van der Waals surface area contributed by atoms with Gasteiger partial charge in [-0.1, -0.05) is 83.5 Å². The van der Waals surface area contributed by atoms with Crippen molar-refractivity contribution in [3.63, 3.8) is 0 Å². The Hall–Kier alpha value is -0.250. The predicted molar refractivity (Wildman–Crippen MR) is 159 cm³/mol. The SMILES string of the molecule is CC#CC#CC#CC(=O)OC[C@H](COP(=O)([O-])[O-])OC(=O)CCCCCCCCCCCCCC.CC(=O)S.[HH].[HH].[HH].[HH].[HH].[Na+].[Na+]. The van der Waals surface area contributed by atoms with Crippen LogP contribution >= 0.6 is 20.5 Å². The van der Waals surface area contributed by atoms with Gasteiger partial charge in [-0.05, 0) is 37.0 Å². The van der Waals surface area contributed by atoms with Crippen molar-refractivity contribution in [2.45, 2.75) is 110 Å². The van der Waals surface area contributed by atoms with Gasteiger partial charge in [0.2, 0.25) is 0 Å². The zero-order valence-corrected chi connectivity index (χ0v) is 31.0. The van der Waals surface area contributed by atoms with Crippen molar-refractivity contribution >= 4 is 37.5 Å². The van der Waals surface area contributed by atoms with Crippen LogP contribution in [-0.2, 0) is 32.9 Å². The van der Waals surface area contributed by atoms with E-state index >= 15 is 0 Å². The molecule has 0 saturated heterocycles. The minimum absolute atomic E-state index is 0. The third-order valence-corrected chi connectivity index (χ3v) is 5.29. The Balaban J connectivity index is -0.000000167. The van der Waals surface area contributed by atoms with Crippen LogP contribution < -0.4 is 68.9 Å². The van der Waals surface area contributed by atoms with Crippen molar-refractivity contribution < 1.29 is 109 Å². The van der Waals surface area contributed by atoms with Gasteiger partial charge in [0.05, 0.1) is 14.4 Å². The first kappa shape index (κ1) is 47.7. The molecule has 0 fully saturated rings. The Bertz CT molecular complexity index is 956. The Labute approximate surface area is 303 Å². The molecule has 1 atom stereocenters. The van der Waals surface area contributed by atoms with Gasteiger partial charge in [0.1, 0.15) is 6.61 Å². The number of thiol groups is 1. The van der Waals surface area contributed by atoms with Crippen molar-refractivity contribution in [1.29, 1.82) is 0 Å². The molecule has 0 amide bonds. The van der Waals surface area contributed by atoms with E-state index in [0.29, 0.717) is 6.42 Å². The number of phosphoric ester groups is 1. The van der Waals surface area contributed by atoms with Crippen LogP contribution in [0, 0.1) is 35.5 Å². The van der Waals surface area contributed by atoms with Crippen molar-refractivity contribution in [3.05, 3.63) is 0 Å². The van der Waals surface area contributed by atoms with Crippen LogP contribution in [0.1, 0.15) is 111 Å². The molecule has 0 unspecified atom stereocenters. The minimum atomic E-state index is -5.28. The largest absolute Gasteiger partial charge is 1.00 e. The molecule has 0 heterocycles. The standard InChI is InChI=1S/C26H39O8P.C2H4OS.2Na.5H2/c1-3-5-7-9-10-11-12-13-14-15-17-19-21-26(28)34-24(23-33-35(29,30)31)22-32-25(27)20-18-16-8-6-4-2;1-2(3)4;;;;;;;/h24H,3,5,7,9-15,17,19,21-23H2,1-2H3,(H2,29,30,31);1H3,(H,3,4);;;5*1H/q;;2*+1;;;;;/p-2/t24-;;;;;;;;/m1......../s1. The van der Waals surface area contributed by atoms with Gasteiger partial charge in [-0.15, -0.1) is 12.6 Å². The van der Waals surface area contributed by atoms with Crippen molar-refractivity contribution in [2.75, 3.05) is 13.2 Å². The van der Waals surface area contributed by atoms with Crippen molar-refractivity contribution in [3.8, 4) is 35.5 Å². The fraction of sp³-hybridized carbons (Fsp3) is 0.679. The van der Waals surface area contributed by atoms with E-state index in [1.807, 2.05) is 0 Å². The first-order valence-electron chi connectivity index (χ1n) is 13.2. The maximum Gasteiger partial charge on any atom is 1.00 e. The molecule has 0 rings (SSSR count). The zero-order valence-electron chi connectivity index (χ0n) is 25.3. The maximum atomic E-state index is 12.1. The molecule has 41 heavy (non-hydrogen) atoms. The topological polar surface area (TPSA) is 142 Å². The normalized spacial score (nSPS) is 10.1. The first-order valence-corrected chi connectivity index (χ1v) is 15.1. The Morgan fingerprint density at radius 1 is 0.829 bits per heavy atom. The van der Waals surface area contributed by atoms with Crippen LogP contribution in [0.15, 0.2) is 0 Å². The van der Waals surface area contributed by atoms with Gasteiger partial charge in [0, 0.05) is 26.4 Å². The summed E-state index contributed by atoms with van der Waals surface area (Å²) in [7, 11) is -5.28. The van der Waals surface area contributed by atoms with Gasteiger partial charge in [-0.25, -0.2) is 4.79 Å². The minimum Gasteiger partial charge on any atom is -0.790 e. The van der Waals surface area contributed by atoms with E-state index in [2.05, 4.69) is 59.6 Å². The van der Waals surface area contributed by atoms with Gasteiger partial charge in [0.25, 0.3) is 0 Å². The summed E-state index contributed by atoms with van der Waals surface area (Å²) < 4.78 is 24.9. The molecule has 0 aromatic heterocycles.